The molecule has 112 valence electrons. The topological polar surface area (TPSA) is 81.1 Å². The van der Waals surface area contributed by atoms with Gasteiger partial charge in [-0.2, -0.15) is 13.2 Å². The van der Waals surface area contributed by atoms with Crippen molar-refractivity contribution >= 4 is 5.91 Å². The van der Waals surface area contributed by atoms with E-state index in [-0.39, 0.29) is 18.2 Å². The fourth-order valence-corrected chi connectivity index (χ4v) is 1.62. The normalized spacial score (nSPS) is 13.1. The first-order chi connectivity index (χ1) is 9.34. The molecule has 1 rings (SSSR count). The maximum absolute atomic E-state index is 12.4. The van der Waals surface area contributed by atoms with E-state index in [0.29, 0.717) is 13.0 Å². The summed E-state index contributed by atoms with van der Waals surface area (Å²) in [6.45, 7) is 0.792. The van der Waals surface area contributed by atoms with Crippen LogP contribution in [0.1, 0.15) is 28.8 Å². The number of carbonyl (C=O) groups excluding carboxylic acids is 1. The number of rotatable bonds is 6. The Balaban J connectivity index is 2.52. The minimum Gasteiger partial charge on any atom is -0.350 e. The van der Waals surface area contributed by atoms with Gasteiger partial charge in [0.2, 0.25) is 0 Å². The summed E-state index contributed by atoms with van der Waals surface area (Å²) in [4.78, 5) is 11.7. The molecule has 0 saturated carbocycles. The van der Waals surface area contributed by atoms with Crippen molar-refractivity contribution in [3.8, 4) is 0 Å². The van der Waals surface area contributed by atoms with E-state index >= 15 is 0 Å². The van der Waals surface area contributed by atoms with Crippen LogP contribution < -0.4 is 16.8 Å². The zero-order valence-electron chi connectivity index (χ0n) is 10.9. The Morgan fingerprint density at radius 1 is 1.25 bits per heavy atom. The van der Waals surface area contributed by atoms with Crippen molar-refractivity contribution in [2.24, 2.45) is 11.5 Å². The third-order valence-electron chi connectivity index (χ3n) is 2.78. The summed E-state index contributed by atoms with van der Waals surface area (Å²) in [6, 6.07) is 3.83. The molecule has 5 N–H and O–H groups in total. The van der Waals surface area contributed by atoms with Gasteiger partial charge in [-0.05, 0) is 43.7 Å². The van der Waals surface area contributed by atoms with Gasteiger partial charge in [0, 0.05) is 18.2 Å². The van der Waals surface area contributed by atoms with Crippen LogP contribution in [0, 0.1) is 0 Å². The molecule has 20 heavy (non-hydrogen) atoms. The standard InChI is InChI=1S/C13H18F3N3O/c14-13(15,16)10-5-3-9(4-6-10)12(20)19-8-11(18)2-1-7-17/h3-6,11H,1-2,7-8,17-18H2,(H,19,20)/t11-/m0/s1. The van der Waals surface area contributed by atoms with Gasteiger partial charge in [0.25, 0.3) is 5.91 Å². The fourth-order valence-electron chi connectivity index (χ4n) is 1.62. The molecule has 0 aromatic heterocycles. The number of nitrogens with two attached hydrogens (primary N) is 2. The molecule has 4 nitrogen and oxygen atoms in total. The quantitative estimate of drug-likeness (QED) is 0.742. The first kappa shape index (κ1) is 16.5. The highest BCUT2D eigenvalue weighted by molar-refractivity contribution is 5.94. The van der Waals surface area contributed by atoms with E-state index in [1.165, 1.54) is 0 Å². The van der Waals surface area contributed by atoms with Crippen molar-refractivity contribution in [2.45, 2.75) is 25.1 Å². The van der Waals surface area contributed by atoms with E-state index < -0.39 is 17.6 Å². The minimum absolute atomic E-state index is 0.170. The zero-order chi connectivity index (χ0) is 15.2. The van der Waals surface area contributed by atoms with E-state index in [1.54, 1.807) is 0 Å². The summed E-state index contributed by atoms with van der Waals surface area (Å²) in [6.07, 6.45) is -2.96. The number of alkyl halides is 3. The predicted octanol–water partition coefficient (Wildman–Crippen LogP) is 1.50. The number of hydrogen-bond acceptors (Lipinski definition) is 3. The second kappa shape index (κ2) is 7.25. The highest BCUT2D eigenvalue weighted by atomic mass is 19.4. The summed E-state index contributed by atoms with van der Waals surface area (Å²) in [5.41, 5.74) is 10.5. The molecule has 0 aliphatic heterocycles. The first-order valence-corrected chi connectivity index (χ1v) is 6.25. The van der Waals surface area contributed by atoms with Crippen LogP contribution in [0.3, 0.4) is 0 Å². The van der Waals surface area contributed by atoms with Gasteiger partial charge in [-0.25, -0.2) is 0 Å². The molecule has 0 bridgehead atoms. The van der Waals surface area contributed by atoms with Crippen LogP contribution in [-0.4, -0.2) is 25.0 Å². The third kappa shape index (κ3) is 5.18. The lowest BCUT2D eigenvalue weighted by Crippen LogP contribution is -2.37. The third-order valence-corrected chi connectivity index (χ3v) is 2.78. The highest BCUT2D eigenvalue weighted by Crippen LogP contribution is 2.28. The van der Waals surface area contributed by atoms with Gasteiger partial charge >= 0.3 is 6.18 Å². The average molecular weight is 289 g/mol. The van der Waals surface area contributed by atoms with Crippen molar-refractivity contribution in [3.05, 3.63) is 35.4 Å². The minimum atomic E-state index is -4.40. The van der Waals surface area contributed by atoms with Crippen molar-refractivity contribution in [1.29, 1.82) is 0 Å². The fraction of sp³-hybridized carbons (Fsp3) is 0.462. The lowest BCUT2D eigenvalue weighted by atomic mass is 10.1. The van der Waals surface area contributed by atoms with Crippen LogP contribution in [0.5, 0.6) is 0 Å². The maximum Gasteiger partial charge on any atom is 0.416 e. The van der Waals surface area contributed by atoms with Gasteiger partial charge in [-0.1, -0.05) is 0 Å². The Kier molecular flexibility index (Phi) is 5.97. The van der Waals surface area contributed by atoms with Gasteiger partial charge in [0.1, 0.15) is 0 Å². The lowest BCUT2D eigenvalue weighted by Gasteiger charge is -2.12. The van der Waals surface area contributed by atoms with Crippen LogP contribution in [0.25, 0.3) is 0 Å². The first-order valence-electron chi connectivity index (χ1n) is 6.25. The Bertz CT molecular complexity index is 431. The largest absolute Gasteiger partial charge is 0.416 e. The Morgan fingerprint density at radius 3 is 2.35 bits per heavy atom. The van der Waals surface area contributed by atoms with Gasteiger partial charge < -0.3 is 16.8 Å². The Hall–Kier alpha value is -1.60. The second-order valence-corrected chi connectivity index (χ2v) is 4.48. The van der Waals surface area contributed by atoms with Crippen LogP contribution in [0.4, 0.5) is 13.2 Å². The summed E-state index contributed by atoms with van der Waals surface area (Å²) < 4.78 is 37.1. The number of carbonyl (C=O) groups is 1. The second-order valence-electron chi connectivity index (χ2n) is 4.48. The molecule has 1 amide bonds. The number of nitrogens with one attached hydrogen (secondary N) is 1. The zero-order valence-corrected chi connectivity index (χ0v) is 10.9. The van der Waals surface area contributed by atoms with Crippen LogP contribution in [-0.2, 0) is 6.18 Å². The highest BCUT2D eigenvalue weighted by Gasteiger charge is 2.30. The molecule has 0 radical (unpaired) electrons. The van der Waals surface area contributed by atoms with Crippen LogP contribution >= 0.6 is 0 Å². The molecule has 1 aromatic carbocycles. The number of amides is 1. The molecule has 1 atom stereocenters. The Labute approximate surface area is 115 Å². The SMILES string of the molecule is NCCC[C@H](N)CNC(=O)c1ccc(C(F)(F)F)cc1. The molecular weight excluding hydrogens is 271 g/mol. The van der Waals surface area contributed by atoms with Gasteiger partial charge in [0.15, 0.2) is 0 Å². The number of benzene rings is 1. The van der Waals surface area contributed by atoms with Gasteiger partial charge in [-0.3, -0.25) is 4.79 Å². The maximum atomic E-state index is 12.4. The van der Waals surface area contributed by atoms with E-state index in [4.69, 9.17) is 11.5 Å². The molecule has 0 spiro atoms. The molecular formula is C13H18F3N3O. The monoisotopic (exact) mass is 289 g/mol. The molecule has 7 heteroatoms. The number of halogens is 3. The van der Waals surface area contributed by atoms with Crippen LogP contribution in [0.2, 0.25) is 0 Å². The van der Waals surface area contributed by atoms with Crippen LogP contribution in [0.15, 0.2) is 24.3 Å². The van der Waals surface area contributed by atoms with E-state index in [0.717, 1.165) is 30.7 Å². The Morgan fingerprint density at radius 2 is 1.85 bits per heavy atom. The number of hydrogen-bond donors (Lipinski definition) is 3. The van der Waals surface area contributed by atoms with Crippen molar-refractivity contribution in [3.63, 3.8) is 0 Å². The molecule has 0 heterocycles. The summed E-state index contributed by atoms with van der Waals surface area (Å²) in [5, 5.41) is 2.58. The van der Waals surface area contributed by atoms with Gasteiger partial charge in [0.05, 0.1) is 5.56 Å². The van der Waals surface area contributed by atoms with Crippen molar-refractivity contribution < 1.29 is 18.0 Å². The summed E-state index contributed by atoms with van der Waals surface area (Å²) >= 11 is 0. The smallest absolute Gasteiger partial charge is 0.350 e. The van der Waals surface area contributed by atoms with E-state index in [9.17, 15) is 18.0 Å². The molecule has 1 aromatic rings. The van der Waals surface area contributed by atoms with Crippen molar-refractivity contribution in [2.75, 3.05) is 13.1 Å². The predicted molar refractivity (Wildman–Crippen MR) is 70.0 cm³/mol. The van der Waals surface area contributed by atoms with E-state index in [2.05, 4.69) is 5.32 Å². The molecule has 0 aliphatic carbocycles. The molecule has 0 aliphatic rings. The van der Waals surface area contributed by atoms with Crippen molar-refractivity contribution in [1.82, 2.24) is 5.32 Å². The molecule has 0 fully saturated rings. The van der Waals surface area contributed by atoms with E-state index in [1.807, 2.05) is 0 Å². The summed E-state index contributed by atoms with van der Waals surface area (Å²) in [5.74, 6) is -0.443. The average Bonchev–Trinajstić information content (AvgIpc) is 2.41. The van der Waals surface area contributed by atoms with Gasteiger partial charge in [-0.15, -0.1) is 0 Å². The summed E-state index contributed by atoms with van der Waals surface area (Å²) in [7, 11) is 0. The molecule has 0 saturated heterocycles. The lowest BCUT2D eigenvalue weighted by molar-refractivity contribution is -0.137. The molecule has 0 unspecified atom stereocenters.